The van der Waals surface area contributed by atoms with Gasteiger partial charge in [-0.25, -0.2) is 8.78 Å². The summed E-state index contributed by atoms with van der Waals surface area (Å²) in [4.78, 5) is 2.81. The second kappa shape index (κ2) is 18.1. The van der Waals surface area contributed by atoms with Gasteiger partial charge in [0.1, 0.15) is 11.6 Å². The van der Waals surface area contributed by atoms with Gasteiger partial charge in [0.2, 0.25) is 0 Å². The van der Waals surface area contributed by atoms with Crippen molar-refractivity contribution < 1.29 is 22.5 Å². The second-order valence-corrected chi connectivity index (χ2v) is 18.2. The maximum atomic E-state index is 18.0. The van der Waals surface area contributed by atoms with Gasteiger partial charge in [-0.15, -0.1) is 0 Å². The first-order valence-corrected chi connectivity index (χ1v) is 23.7. The van der Waals surface area contributed by atoms with Crippen LogP contribution < -0.4 is 9.80 Å². The zero-order valence-electron chi connectivity index (χ0n) is 49.8. The molecule has 0 bridgehead atoms. The Labute approximate surface area is 433 Å². The number of anilines is 6. The Bertz CT molecular complexity index is 4290. The van der Waals surface area contributed by atoms with Crippen molar-refractivity contribution in [2.75, 3.05) is 9.80 Å². The highest BCUT2D eigenvalue weighted by atomic mass is 19.1. The van der Waals surface area contributed by atoms with E-state index in [1.165, 1.54) is 21.9 Å². The fourth-order valence-corrected chi connectivity index (χ4v) is 10.5. The molecule has 346 valence electrons. The van der Waals surface area contributed by atoms with Crippen LogP contribution in [0.5, 0.6) is 0 Å². The number of aryl methyl sites for hydroxylation is 4. The number of nitrogens with zero attached hydrogens (tertiary/aromatic N) is 2. The van der Waals surface area contributed by atoms with Gasteiger partial charge in [-0.3, -0.25) is 0 Å². The predicted molar refractivity (Wildman–Crippen MR) is 300 cm³/mol. The normalized spacial score (nSPS) is 13.4. The SMILES string of the molecule is [2H]c1c([2H])c([2H])c(N(c2cc(-c3ccccc3C)c(-c3ccccc3C)cc2F)c2ccc3ccc4c(N(c5cc(-c6ccccc6C)c(-c6ccccc6C)cc5F)c5c([2H])c([2H])c([2H])c([2H])c5[2H])ccc5ccc2c3c54)c([2H])c1[2H]. The smallest absolute Gasteiger partial charge is 0.147 e. The van der Waals surface area contributed by atoms with Gasteiger partial charge in [0.15, 0.2) is 0 Å². The van der Waals surface area contributed by atoms with Crippen LogP contribution in [0.2, 0.25) is 0 Å². The highest BCUT2D eigenvalue weighted by Crippen LogP contribution is 2.51. The molecule has 12 rings (SSSR count). The summed E-state index contributed by atoms with van der Waals surface area (Å²) < 4.78 is 127. The lowest BCUT2D eigenvalue weighted by Gasteiger charge is -2.30. The van der Waals surface area contributed by atoms with E-state index in [-0.39, 0.29) is 34.1 Å². The van der Waals surface area contributed by atoms with E-state index in [0.717, 1.165) is 44.5 Å². The molecule has 0 saturated heterocycles. The lowest BCUT2D eigenvalue weighted by Crippen LogP contribution is -2.13. The molecular weight excluding hydrogens is 883 g/mol. The Morgan fingerprint density at radius 1 is 0.319 bits per heavy atom. The highest BCUT2D eigenvalue weighted by Gasteiger charge is 2.27. The number of para-hydroxylation sites is 2. The van der Waals surface area contributed by atoms with E-state index in [9.17, 15) is 5.48 Å². The largest absolute Gasteiger partial charge is 0.307 e. The summed E-state index contributed by atoms with van der Waals surface area (Å²) in [6.45, 7) is 7.81. The lowest BCUT2D eigenvalue weighted by molar-refractivity contribution is 0.629. The van der Waals surface area contributed by atoms with Crippen LogP contribution in [0.1, 0.15) is 36.0 Å². The van der Waals surface area contributed by atoms with E-state index < -0.39 is 72.1 Å². The molecule has 0 atom stereocenters. The molecule has 0 aromatic heterocycles. The number of hydrogen-bond donors (Lipinski definition) is 0. The van der Waals surface area contributed by atoms with Gasteiger partial charge < -0.3 is 9.80 Å². The van der Waals surface area contributed by atoms with Gasteiger partial charge in [0, 0.05) is 22.1 Å². The zero-order chi connectivity index (χ0) is 57.7. The Morgan fingerprint density at radius 2 is 0.625 bits per heavy atom. The number of hydrogen-bond acceptors (Lipinski definition) is 2. The quantitative estimate of drug-likeness (QED) is 0.126. The van der Waals surface area contributed by atoms with Crippen LogP contribution in [-0.4, -0.2) is 0 Å². The van der Waals surface area contributed by atoms with Crippen molar-refractivity contribution in [1.29, 1.82) is 0 Å². The van der Waals surface area contributed by atoms with Crippen LogP contribution in [0.25, 0.3) is 76.8 Å². The predicted octanol–water partition coefficient (Wildman–Crippen LogP) is 19.7. The third-order valence-corrected chi connectivity index (χ3v) is 13.9. The molecule has 12 aromatic carbocycles. The van der Waals surface area contributed by atoms with Gasteiger partial charge in [-0.05, 0) is 177 Å². The Hall–Kier alpha value is -8.86. The van der Waals surface area contributed by atoms with E-state index in [1.54, 1.807) is 24.3 Å². The molecule has 0 radical (unpaired) electrons. The number of halogens is 2. The molecule has 0 aliphatic rings. The topological polar surface area (TPSA) is 6.48 Å². The minimum Gasteiger partial charge on any atom is -0.307 e. The molecular formula is C68H50F2N2. The Morgan fingerprint density at radius 3 is 0.958 bits per heavy atom. The van der Waals surface area contributed by atoms with Gasteiger partial charge in [0.25, 0.3) is 0 Å². The van der Waals surface area contributed by atoms with Crippen LogP contribution in [-0.2, 0) is 0 Å². The molecule has 4 heteroatoms. The Balaban J connectivity index is 1.18. The summed E-state index contributed by atoms with van der Waals surface area (Å²) in [5, 5.41) is 3.61. The van der Waals surface area contributed by atoms with E-state index in [0.29, 0.717) is 54.6 Å². The molecule has 0 saturated carbocycles. The molecule has 0 N–H and O–H groups in total. The molecule has 0 aliphatic carbocycles. The van der Waals surface area contributed by atoms with Crippen molar-refractivity contribution in [2.45, 2.75) is 27.7 Å². The Kier molecular flexibility index (Phi) is 8.68. The summed E-state index contributed by atoms with van der Waals surface area (Å²) in [5.41, 5.74) is 8.99. The van der Waals surface area contributed by atoms with Crippen LogP contribution in [0.3, 0.4) is 0 Å². The first-order chi connectivity index (χ1) is 39.4. The van der Waals surface area contributed by atoms with E-state index in [2.05, 4.69) is 0 Å². The summed E-state index contributed by atoms with van der Waals surface area (Å²) in [5.74, 6) is -1.46. The fraction of sp³-hybridized carbons (Fsp3) is 0.0588. The molecule has 0 amide bonds. The molecule has 12 aromatic rings. The van der Waals surface area contributed by atoms with Gasteiger partial charge in [-0.1, -0.05) is 170 Å². The minimum atomic E-state index is -0.731. The van der Waals surface area contributed by atoms with Gasteiger partial charge >= 0.3 is 0 Å². The molecule has 0 heterocycles. The average Bonchev–Trinajstić information content (AvgIpc) is 1.72. The van der Waals surface area contributed by atoms with Crippen molar-refractivity contribution in [3.05, 3.63) is 264 Å². The molecule has 0 spiro atoms. The average molecular weight is 943 g/mol. The standard InChI is InChI=1S/C68H50F2N2/c1-43-19-11-15-27-51(43)57-39-61(69)65(41-59(57)53-29-17-13-21-45(53)3)71(49-23-7-5-8-24-49)63-37-33-47-32-36-56-64(38-34-48-31-35-55(63)67(47)68(48)56)72(50-25-9-6-10-26-50)66-42-60(54-30-18-14-22-46(54)4)58(40-62(66)70)52-28-16-12-20-44(52)2/h5-42H,1-4H3/i5D,6D,7D,8D,9D,10D,23D,24D,25D,26D. The maximum Gasteiger partial charge on any atom is 0.147 e. The molecule has 72 heavy (non-hydrogen) atoms. The van der Waals surface area contributed by atoms with Crippen molar-refractivity contribution in [1.82, 2.24) is 0 Å². The number of rotatable bonds is 10. The van der Waals surface area contributed by atoms with Crippen LogP contribution >= 0.6 is 0 Å². The third-order valence-electron chi connectivity index (χ3n) is 13.9. The summed E-state index contributed by atoms with van der Waals surface area (Å²) in [6, 6.07) is 45.6. The van der Waals surface area contributed by atoms with E-state index in [4.69, 9.17) is 8.22 Å². The van der Waals surface area contributed by atoms with Crippen molar-refractivity contribution in [2.24, 2.45) is 0 Å². The lowest BCUT2D eigenvalue weighted by atomic mass is 9.89. The van der Waals surface area contributed by atoms with E-state index in [1.807, 2.05) is 161 Å². The maximum absolute atomic E-state index is 18.0. The van der Waals surface area contributed by atoms with Crippen LogP contribution in [0.15, 0.2) is 230 Å². The monoisotopic (exact) mass is 942 g/mol. The molecule has 0 unspecified atom stereocenters. The highest BCUT2D eigenvalue weighted by molar-refractivity contribution is 6.28. The van der Waals surface area contributed by atoms with Crippen molar-refractivity contribution in [3.8, 4) is 44.5 Å². The second-order valence-electron chi connectivity index (χ2n) is 18.2. The zero-order valence-corrected chi connectivity index (χ0v) is 39.8. The molecule has 2 nitrogen and oxygen atoms in total. The summed E-state index contributed by atoms with van der Waals surface area (Å²) >= 11 is 0. The molecule has 0 aliphatic heterocycles. The van der Waals surface area contributed by atoms with Crippen LogP contribution in [0, 0.1) is 39.3 Å². The van der Waals surface area contributed by atoms with Gasteiger partial charge in [0.05, 0.1) is 36.5 Å². The number of benzene rings is 12. The van der Waals surface area contributed by atoms with Crippen molar-refractivity contribution >= 4 is 66.4 Å². The summed E-state index contributed by atoms with van der Waals surface area (Å²) in [7, 11) is 0. The fourth-order valence-electron chi connectivity index (χ4n) is 10.5. The first kappa shape index (κ1) is 34.4. The summed E-state index contributed by atoms with van der Waals surface area (Å²) in [6.07, 6.45) is 0. The van der Waals surface area contributed by atoms with Crippen LogP contribution in [0.4, 0.5) is 42.9 Å². The van der Waals surface area contributed by atoms with Gasteiger partial charge in [-0.2, -0.15) is 0 Å². The van der Waals surface area contributed by atoms with E-state index >= 15 is 8.78 Å². The van der Waals surface area contributed by atoms with Crippen molar-refractivity contribution in [3.63, 3.8) is 0 Å². The minimum absolute atomic E-state index is 0.0914. The first-order valence-electron chi connectivity index (χ1n) is 28.7. The molecule has 0 fully saturated rings. The third kappa shape index (κ3) is 7.55.